The lowest BCUT2D eigenvalue weighted by Crippen LogP contribution is -2.51. The summed E-state index contributed by atoms with van der Waals surface area (Å²) in [5.74, 6) is 0.918. The molecule has 208 valence electrons. The number of aryl methyl sites for hydroxylation is 1. The molecular formula is C29H34F3N5O2. The SMILES string of the molecule is CCC(=O)N1CCC(N2CC(C)(C)Oc3cc4nc(C)nc(N[C@H](C)c5cccc(C(F)F)c5F)c4cc32)C1. The minimum Gasteiger partial charge on any atom is -0.484 e. The van der Waals surface area contributed by atoms with Gasteiger partial charge in [-0.1, -0.05) is 25.1 Å². The largest absolute Gasteiger partial charge is 0.484 e. The molecule has 3 heterocycles. The number of nitrogens with one attached hydrogen (secondary N) is 1. The van der Waals surface area contributed by atoms with E-state index in [2.05, 4.69) is 20.2 Å². The van der Waals surface area contributed by atoms with E-state index in [1.165, 1.54) is 12.1 Å². The van der Waals surface area contributed by atoms with Crippen molar-refractivity contribution in [2.24, 2.45) is 0 Å². The first-order valence-electron chi connectivity index (χ1n) is 13.4. The zero-order valence-electron chi connectivity index (χ0n) is 22.9. The molecule has 0 bridgehead atoms. The number of likely N-dealkylation sites (tertiary alicyclic amines) is 1. The fourth-order valence-corrected chi connectivity index (χ4v) is 5.63. The van der Waals surface area contributed by atoms with Crippen LogP contribution in [0.5, 0.6) is 5.75 Å². The molecule has 39 heavy (non-hydrogen) atoms. The summed E-state index contributed by atoms with van der Waals surface area (Å²) in [6.07, 6.45) is -1.57. The number of anilines is 2. The van der Waals surface area contributed by atoms with Crippen LogP contribution in [0.3, 0.4) is 0 Å². The Balaban J connectivity index is 1.54. The highest BCUT2D eigenvalue weighted by molar-refractivity contribution is 5.94. The average Bonchev–Trinajstić information content (AvgIpc) is 3.36. The molecule has 0 radical (unpaired) electrons. The number of amides is 1. The van der Waals surface area contributed by atoms with E-state index in [0.717, 1.165) is 18.2 Å². The zero-order valence-corrected chi connectivity index (χ0v) is 22.9. The van der Waals surface area contributed by atoms with Crippen LogP contribution < -0.4 is 15.0 Å². The highest BCUT2D eigenvalue weighted by Gasteiger charge is 2.39. The Kier molecular flexibility index (Phi) is 7.07. The van der Waals surface area contributed by atoms with Crippen LogP contribution in [-0.2, 0) is 4.79 Å². The summed E-state index contributed by atoms with van der Waals surface area (Å²) in [6, 6.07) is 7.40. The van der Waals surface area contributed by atoms with E-state index in [1.54, 1.807) is 13.8 Å². The van der Waals surface area contributed by atoms with Crippen molar-refractivity contribution in [1.82, 2.24) is 14.9 Å². The Bertz CT molecular complexity index is 1410. The molecule has 3 aromatic rings. The number of benzene rings is 2. The van der Waals surface area contributed by atoms with Crippen molar-refractivity contribution < 1.29 is 22.7 Å². The lowest BCUT2D eigenvalue weighted by atomic mass is 10.0. The number of nitrogens with zero attached hydrogens (tertiary/aromatic N) is 4. The van der Waals surface area contributed by atoms with Crippen LogP contribution in [-0.4, -0.2) is 52.1 Å². The van der Waals surface area contributed by atoms with Crippen molar-refractivity contribution in [1.29, 1.82) is 0 Å². The molecule has 0 aliphatic carbocycles. The molecule has 0 spiro atoms. The fourth-order valence-electron chi connectivity index (χ4n) is 5.63. The van der Waals surface area contributed by atoms with Gasteiger partial charge in [-0.3, -0.25) is 4.79 Å². The van der Waals surface area contributed by atoms with Gasteiger partial charge in [0.05, 0.1) is 29.4 Å². The first-order chi connectivity index (χ1) is 18.5. The Morgan fingerprint density at radius 2 is 1.97 bits per heavy atom. The molecule has 1 saturated heterocycles. The van der Waals surface area contributed by atoms with Gasteiger partial charge in [0.1, 0.15) is 28.8 Å². The third kappa shape index (κ3) is 5.21. The number of rotatable bonds is 6. The number of hydrogen-bond donors (Lipinski definition) is 1. The number of fused-ring (bicyclic) bond motifs is 2. The molecule has 2 atom stereocenters. The maximum absolute atomic E-state index is 14.9. The first kappa shape index (κ1) is 27.0. The highest BCUT2D eigenvalue weighted by atomic mass is 19.3. The summed E-state index contributed by atoms with van der Waals surface area (Å²) in [6.45, 7) is 11.4. The molecule has 1 unspecified atom stereocenters. The predicted octanol–water partition coefficient (Wildman–Crippen LogP) is 6.18. The summed E-state index contributed by atoms with van der Waals surface area (Å²) in [4.78, 5) is 25.8. The van der Waals surface area contributed by atoms with Gasteiger partial charge in [-0.15, -0.1) is 0 Å². The molecule has 1 amide bonds. The lowest BCUT2D eigenvalue weighted by Gasteiger charge is -2.44. The molecule has 1 N–H and O–H groups in total. The summed E-state index contributed by atoms with van der Waals surface area (Å²) in [7, 11) is 0. The van der Waals surface area contributed by atoms with Gasteiger partial charge in [0, 0.05) is 42.6 Å². The van der Waals surface area contributed by atoms with Crippen LogP contribution in [0.2, 0.25) is 0 Å². The van der Waals surface area contributed by atoms with Crippen molar-refractivity contribution in [2.45, 2.75) is 71.6 Å². The predicted molar refractivity (Wildman–Crippen MR) is 145 cm³/mol. The van der Waals surface area contributed by atoms with Gasteiger partial charge in [-0.25, -0.2) is 23.1 Å². The number of aromatic nitrogens is 2. The van der Waals surface area contributed by atoms with E-state index in [1.807, 2.05) is 37.8 Å². The minimum atomic E-state index is -2.90. The van der Waals surface area contributed by atoms with Crippen molar-refractivity contribution in [3.8, 4) is 5.75 Å². The maximum Gasteiger partial charge on any atom is 0.266 e. The Morgan fingerprint density at radius 3 is 2.69 bits per heavy atom. The van der Waals surface area contributed by atoms with E-state index < -0.39 is 29.4 Å². The van der Waals surface area contributed by atoms with E-state index in [0.29, 0.717) is 54.3 Å². The van der Waals surface area contributed by atoms with Gasteiger partial charge in [-0.05, 0) is 40.2 Å². The van der Waals surface area contributed by atoms with Crippen LogP contribution in [0.25, 0.3) is 10.9 Å². The second kappa shape index (κ2) is 10.2. The van der Waals surface area contributed by atoms with Gasteiger partial charge in [0.25, 0.3) is 6.43 Å². The number of halogens is 3. The molecule has 2 aromatic carbocycles. The monoisotopic (exact) mass is 541 g/mol. The molecule has 1 fully saturated rings. The minimum absolute atomic E-state index is 0.132. The van der Waals surface area contributed by atoms with Crippen molar-refractivity contribution in [3.63, 3.8) is 0 Å². The molecule has 2 aliphatic heterocycles. The molecule has 1 aromatic heterocycles. The van der Waals surface area contributed by atoms with Gasteiger partial charge in [-0.2, -0.15) is 0 Å². The third-order valence-electron chi connectivity index (χ3n) is 7.51. The topological polar surface area (TPSA) is 70.6 Å². The average molecular weight is 542 g/mol. The third-order valence-corrected chi connectivity index (χ3v) is 7.51. The van der Waals surface area contributed by atoms with Crippen LogP contribution in [0, 0.1) is 12.7 Å². The van der Waals surface area contributed by atoms with Crippen molar-refractivity contribution in [2.75, 3.05) is 29.9 Å². The molecule has 7 nitrogen and oxygen atoms in total. The highest BCUT2D eigenvalue weighted by Crippen LogP contribution is 2.43. The van der Waals surface area contributed by atoms with Crippen LogP contribution in [0.15, 0.2) is 30.3 Å². The number of alkyl halides is 2. The lowest BCUT2D eigenvalue weighted by molar-refractivity contribution is -0.129. The quantitative estimate of drug-likeness (QED) is 0.402. The number of carbonyl (C=O) groups excluding carboxylic acids is 1. The Morgan fingerprint density at radius 1 is 1.23 bits per heavy atom. The molecule has 0 saturated carbocycles. The molecule has 10 heteroatoms. The van der Waals surface area contributed by atoms with Gasteiger partial charge < -0.3 is 19.9 Å². The smallest absolute Gasteiger partial charge is 0.266 e. The number of ether oxygens (including phenoxy) is 1. The van der Waals surface area contributed by atoms with E-state index in [9.17, 15) is 18.0 Å². The summed E-state index contributed by atoms with van der Waals surface area (Å²) < 4.78 is 47.9. The number of hydrogen-bond acceptors (Lipinski definition) is 6. The normalized spacial score (nSPS) is 19.3. The van der Waals surface area contributed by atoms with Crippen LogP contribution in [0.4, 0.5) is 24.7 Å². The summed E-state index contributed by atoms with van der Waals surface area (Å²) in [5.41, 5.74) is 0.597. The van der Waals surface area contributed by atoms with Gasteiger partial charge in [0.15, 0.2) is 0 Å². The number of carbonyl (C=O) groups is 1. The maximum atomic E-state index is 14.9. The zero-order chi connectivity index (χ0) is 28.1. The molecular weight excluding hydrogens is 507 g/mol. The molecule has 2 aliphatic rings. The van der Waals surface area contributed by atoms with Crippen LogP contribution >= 0.6 is 0 Å². The Labute approximate surface area is 226 Å². The van der Waals surface area contributed by atoms with Crippen molar-refractivity contribution >= 4 is 28.3 Å². The second-order valence-electron chi connectivity index (χ2n) is 11.0. The van der Waals surface area contributed by atoms with Gasteiger partial charge >= 0.3 is 0 Å². The van der Waals surface area contributed by atoms with Crippen LogP contribution in [0.1, 0.15) is 70.0 Å². The second-order valence-corrected chi connectivity index (χ2v) is 11.0. The van der Waals surface area contributed by atoms with E-state index in [4.69, 9.17) is 4.74 Å². The summed E-state index contributed by atoms with van der Waals surface area (Å²) >= 11 is 0. The standard InChI is InChI=1S/C29H34F3N5O2/c1-6-25(38)36-11-10-18(14-36)37-15-29(4,5)39-24-13-22-21(12-23(24)37)28(35-17(3)34-22)33-16(2)19-8-7-9-20(26(19)30)27(31)32/h7-9,12-13,16,18,27H,6,10-11,14-15H2,1-5H3,(H,33,34,35)/t16-,18?/m1/s1. The van der Waals surface area contributed by atoms with E-state index in [-0.39, 0.29) is 17.5 Å². The Hall–Kier alpha value is -3.56. The van der Waals surface area contributed by atoms with Gasteiger partial charge in [0.2, 0.25) is 5.91 Å². The summed E-state index contributed by atoms with van der Waals surface area (Å²) in [5, 5.41) is 3.95. The molecule has 5 rings (SSSR count). The van der Waals surface area contributed by atoms with Crippen molar-refractivity contribution in [3.05, 3.63) is 53.1 Å². The fraction of sp³-hybridized carbons (Fsp3) is 0.483. The first-order valence-corrected chi connectivity index (χ1v) is 13.4. The van der Waals surface area contributed by atoms with E-state index >= 15 is 0 Å².